The zero-order valence-corrected chi connectivity index (χ0v) is 12.9. The third kappa shape index (κ3) is 2.83. The lowest BCUT2D eigenvalue weighted by Crippen LogP contribution is -2.48. The molecular weight excluding hydrogens is 305 g/mol. The number of hydrogen-bond acceptors (Lipinski definition) is 3. The molecule has 1 unspecified atom stereocenters. The van der Waals surface area contributed by atoms with Gasteiger partial charge in [-0.25, -0.2) is 12.8 Å². The second-order valence-corrected chi connectivity index (χ2v) is 7.77. The molecule has 0 amide bonds. The van der Waals surface area contributed by atoms with E-state index in [4.69, 9.17) is 11.6 Å². The van der Waals surface area contributed by atoms with E-state index in [1.807, 2.05) is 0 Å². The van der Waals surface area contributed by atoms with Crippen molar-refractivity contribution < 1.29 is 17.9 Å². The molecule has 1 aliphatic rings. The van der Waals surface area contributed by atoms with E-state index >= 15 is 0 Å². The number of rotatable bonds is 3. The van der Waals surface area contributed by atoms with Crippen LogP contribution >= 0.6 is 11.6 Å². The first-order valence-corrected chi connectivity index (χ1v) is 8.15. The predicted molar refractivity (Wildman–Crippen MR) is 74.6 cm³/mol. The van der Waals surface area contributed by atoms with Gasteiger partial charge in [-0.1, -0.05) is 11.6 Å². The number of hydrogen-bond donors (Lipinski definition) is 1. The SMILES string of the molecule is CC(C)(O)C1CCCN1S(=O)(=O)c1cc(F)ccc1Cl. The maximum absolute atomic E-state index is 13.3. The average Bonchev–Trinajstić information content (AvgIpc) is 2.81. The molecule has 0 saturated carbocycles. The van der Waals surface area contributed by atoms with E-state index < -0.39 is 27.5 Å². The van der Waals surface area contributed by atoms with Gasteiger partial charge in [0.05, 0.1) is 16.7 Å². The lowest BCUT2D eigenvalue weighted by Gasteiger charge is -2.33. The Labute approximate surface area is 123 Å². The maximum Gasteiger partial charge on any atom is 0.245 e. The van der Waals surface area contributed by atoms with E-state index in [1.165, 1.54) is 10.4 Å². The Balaban J connectivity index is 2.47. The standard InChI is InChI=1S/C13H17ClFNO3S/c1-13(2,17)12-4-3-7-16(12)20(18,19)11-8-9(15)5-6-10(11)14/h5-6,8,12,17H,3-4,7H2,1-2H3. The molecule has 20 heavy (non-hydrogen) atoms. The van der Waals surface area contributed by atoms with Gasteiger partial charge in [0.15, 0.2) is 0 Å². The molecule has 1 N–H and O–H groups in total. The Morgan fingerprint density at radius 2 is 2.10 bits per heavy atom. The molecule has 1 saturated heterocycles. The summed E-state index contributed by atoms with van der Waals surface area (Å²) in [6, 6.07) is 2.71. The van der Waals surface area contributed by atoms with Gasteiger partial charge in [-0.3, -0.25) is 0 Å². The quantitative estimate of drug-likeness (QED) is 0.930. The molecule has 0 spiro atoms. The second kappa shape index (κ2) is 5.26. The van der Waals surface area contributed by atoms with Crippen molar-refractivity contribution in [2.75, 3.05) is 6.54 Å². The van der Waals surface area contributed by atoms with E-state index in [0.29, 0.717) is 19.4 Å². The molecule has 1 fully saturated rings. The fourth-order valence-corrected chi connectivity index (χ4v) is 4.84. The van der Waals surface area contributed by atoms with Crippen LogP contribution in [0.5, 0.6) is 0 Å². The highest BCUT2D eigenvalue weighted by atomic mass is 35.5. The van der Waals surface area contributed by atoms with Crippen molar-refractivity contribution in [1.82, 2.24) is 4.31 Å². The van der Waals surface area contributed by atoms with Gasteiger partial charge < -0.3 is 5.11 Å². The number of nitrogens with zero attached hydrogens (tertiary/aromatic N) is 1. The zero-order chi connectivity index (χ0) is 15.1. The van der Waals surface area contributed by atoms with Crippen LogP contribution in [0.2, 0.25) is 5.02 Å². The molecule has 1 aromatic rings. The summed E-state index contributed by atoms with van der Waals surface area (Å²) in [4.78, 5) is -0.254. The Morgan fingerprint density at radius 1 is 1.45 bits per heavy atom. The summed E-state index contributed by atoms with van der Waals surface area (Å²) in [6.07, 6.45) is 1.22. The fourth-order valence-electron chi connectivity index (χ4n) is 2.53. The van der Waals surface area contributed by atoms with Crippen LogP contribution in [0, 0.1) is 5.82 Å². The van der Waals surface area contributed by atoms with Crippen LogP contribution in [-0.2, 0) is 10.0 Å². The van der Waals surface area contributed by atoms with Crippen molar-refractivity contribution >= 4 is 21.6 Å². The van der Waals surface area contributed by atoms with Gasteiger partial charge in [0.2, 0.25) is 10.0 Å². The lowest BCUT2D eigenvalue weighted by atomic mass is 9.98. The molecule has 0 aromatic heterocycles. The fraction of sp³-hybridized carbons (Fsp3) is 0.538. The van der Waals surface area contributed by atoms with Crippen LogP contribution < -0.4 is 0 Å². The minimum atomic E-state index is -3.92. The summed E-state index contributed by atoms with van der Waals surface area (Å²) in [5.74, 6) is -0.660. The van der Waals surface area contributed by atoms with E-state index in [9.17, 15) is 17.9 Å². The van der Waals surface area contributed by atoms with Crippen molar-refractivity contribution in [3.63, 3.8) is 0 Å². The summed E-state index contributed by atoms with van der Waals surface area (Å²) in [7, 11) is -3.92. The first kappa shape index (κ1) is 15.7. The van der Waals surface area contributed by atoms with Crippen LogP contribution in [0.25, 0.3) is 0 Å². The van der Waals surface area contributed by atoms with E-state index in [1.54, 1.807) is 13.8 Å². The van der Waals surface area contributed by atoms with Crippen LogP contribution in [0.15, 0.2) is 23.1 Å². The maximum atomic E-state index is 13.3. The summed E-state index contributed by atoms with van der Waals surface area (Å²) in [6.45, 7) is 3.43. The zero-order valence-electron chi connectivity index (χ0n) is 11.3. The highest BCUT2D eigenvalue weighted by molar-refractivity contribution is 7.89. The molecule has 0 radical (unpaired) electrons. The lowest BCUT2D eigenvalue weighted by molar-refractivity contribution is 0.0215. The van der Waals surface area contributed by atoms with Crippen molar-refractivity contribution in [2.45, 2.75) is 43.2 Å². The summed E-state index contributed by atoms with van der Waals surface area (Å²) < 4.78 is 39.8. The highest BCUT2D eigenvalue weighted by Crippen LogP contribution is 2.34. The van der Waals surface area contributed by atoms with Crippen LogP contribution in [0.1, 0.15) is 26.7 Å². The number of benzene rings is 1. The van der Waals surface area contributed by atoms with E-state index in [2.05, 4.69) is 0 Å². The van der Waals surface area contributed by atoms with Crippen LogP contribution in [0.3, 0.4) is 0 Å². The minimum absolute atomic E-state index is 0.0206. The Hall–Kier alpha value is -0.690. The Kier molecular flexibility index (Phi) is 4.12. The number of halogens is 2. The molecule has 0 aliphatic carbocycles. The average molecular weight is 322 g/mol. The predicted octanol–water partition coefficient (Wildman–Crippen LogP) is 2.40. The molecular formula is C13H17ClFNO3S. The number of aliphatic hydroxyl groups is 1. The highest BCUT2D eigenvalue weighted by Gasteiger charge is 2.43. The molecule has 1 aromatic carbocycles. The molecule has 1 aliphatic heterocycles. The first-order valence-electron chi connectivity index (χ1n) is 6.33. The van der Waals surface area contributed by atoms with Crippen molar-refractivity contribution in [2.24, 2.45) is 0 Å². The minimum Gasteiger partial charge on any atom is -0.389 e. The second-order valence-electron chi connectivity index (χ2n) is 5.50. The normalized spacial score (nSPS) is 21.4. The molecule has 7 heteroatoms. The largest absolute Gasteiger partial charge is 0.389 e. The van der Waals surface area contributed by atoms with Gasteiger partial charge >= 0.3 is 0 Å². The van der Waals surface area contributed by atoms with Gasteiger partial charge in [0.1, 0.15) is 10.7 Å². The molecule has 2 rings (SSSR count). The van der Waals surface area contributed by atoms with Crippen LogP contribution in [0.4, 0.5) is 4.39 Å². The van der Waals surface area contributed by atoms with Crippen molar-refractivity contribution in [3.8, 4) is 0 Å². The molecule has 1 atom stereocenters. The smallest absolute Gasteiger partial charge is 0.245 e. The first-order chi connectivity index (χ1) is 9.14. The topological polar surface area (TPSA) is 57.6 Å². The van der Waals surface area contributed by atoms with Gasteiger partial charge in [0.25, 0.3) is 0 Å². The van der Waals surface area contributed by atoms with Crippen LogP contribution in [-0.4, -0.2) is 36.0 Å². The third-order valence-corrected chi connectivity index (χ3v) is 5.89. The van der Waals surface area contributed by atoms with Gasteiger partial charge in [-0.15, -0.1) is 0 Å². The Morgan fingerprint density at radius 3 is 2.70 bits per heavy atom. The summed E-state index contributed by atoms with van der Waals surface area (Å²) in [5, 5.41) is 10.1. The van der Waals surface area contributed by atoms with Crippen molar-refractivity contribution in [1.29, 1.82) is 0 Å². The summed E-state index contributed by atoms with van der Waals surface area (Å²) >= 11 is 5.89. The summed E-state index contributed by atoms with van der Waals surface area (Å²) in [5.41, 5.74) is -1.16. The van der Waals surface area contributed by atoms with E-state index in [-0.39, 0.29) is 9.92 Å². The van der Waals surface area contributed by atoms with Gasteiger partial charge in [0, 0.05) is 6.54 Å². The van der Waals surface area contributed by atoms with E-state index in [0.717, 1.165) is 12.1 Å². The Bertz CT molecular complexity index is 613. The van der Waals surface area contributed by atoms with Crippen molar-refractivity contribution in [3.05, 3.63) is 29.0 Å². The third-order valence-electron chi connectivity index (χ3n) is 3.50. The molecule has 4 nitrogen and oxygen atoms in total. The van der Waals surface area contributed by atoms with Gasteiger partial charge in [-0.05, 0) is 44.9 Å². The number of sulfonamides is 1. The van der Waals surface area contributed by atoms with Gasteiger partial charge in [-0.2, -0.15) is 4.31 Å². The molecule has 0 bridgehead atoms. The molecule has 1 heterocycles. The monoisotopic (exact) mass is 321 g/mol. The molecule has 112 valence electrons.